The lowest BCUT2D eigenvalue weighted by atomic mass is 10.1. The molecule has 1 aromatic heterocycles. The highest BCUT2D eigenvalue weighted by molar-refractivity contribution is 6.07. The molecule has 0 spiro atoms. The van der Waals surface area contributed by atoms with Crippen molar-refractivity contribution in [3.63, 3.8) is 0 Å². The molecule has 0 unspecified atom stereocenters. The van der Waals surface area contributed by atoms with E-state index in [0.29, 0.717) is 11.5 Å². The van der Waals surface area contributed by atoms with Gasteiger partial charge in [0, 0.05) is 18.1 Å². The Labute approximate surface area is 130 Å². The molecule has 122 valence electrons. The van der Waals surface area contributed by atoms with Gasteiger partial charge < -0.3 is 10.3 Å². The fraction of sp³-hybridized carbons (Fsp3) is 0.267. The van der Waals surface area contributed by atoms with Gasteiger partial charge in [-0.2, -0.15) is 18.2 Å². The van der Waals surface area contributed by atoms with Gasteiger partial charge >= 0.3 is 12.2 Å². The smallest absolute Gasteiger partial charge is 0.344 e. The van der Waals surface area contributed by atoms with E-state index in [4.69, 9.17) is 0 Å². The normalized spacial score (nSPS) is 12.5. The number of aromatic nitrogens is 2. The lowest BCUT2D eigenvalue weighted by molar-refractivity contribution is -0.137. The summed E-state index contributed by atoms with van der Waals surface area (Å²) in [5.41, 5.74) is -0.0915. The van der Waals surface area contributed by atoms with E-state index in [1.54, 1.807) is 12.4 Å². The van der Waals surface area contributed by atoms with Crippen LogP contribution in [0.4, 0.5) is 23.7 Å². The number of nitrogens with one attached hydrogen (secondary N) is 2. The predicted octanol–water partition coefficient (Wildman–Crippen LogP) is 4.11. The van der Waals surface area contributed by atoms with Crippen molar-refractivity contribution in [3.8, 4) is 0 Å². The first-order chi connectivity index (χ1) is 10.8. The summed E-state index contributed by atoms with van der Waals surface area (Å²) in [5, 5.41) is 2.43. The zero-order valence-electron chi connectivity index (χ0n) is 12.5. The van der Waals surface area contributed by atoms with Gasteiger partial charge in [0.1, 0.15) is 0 Å². The quantitative estimate of drug-likeness (QED) is 0.834. The van der Waals surface area contributed by atoms with Gasteiger partial charge in [-0.15, -0.1) is 0 Å². The van der Waals surface area contributed by atoms with Crippen LogP contribution in [-0.2, 0) is 6.18 Å². The Morgan fingerprint density at radius 3 is 2.39 bits per heavy atom. The third-order valence-corrected chi connectivity index (χ3v) is 2.97. The number of carbonyl (C=O) groups excluding carboxylic acids is 1. The van der Waals surface area contributed by atoms with E-state index in [2.05, 4.69) is 20.3 Å². The molecular weight excluding hydrogens is 309 g/mol. The first-order valence-electron chi connectivity index (χ1n) is 6.84. The summed E-state index contributed by atoms with van der Waals surface area (Å²) < 4.78 is 37.4. The molecule has 0 saturated heterocycles. The topological polar surface area (TPSA) is 70.1 Å². The number of rotatable bonds is 3. The number of benzene rings is 1. The molecule has 8 heteroatoms. The molecular formula is C15H15F3N4O. The first kappa shape index (κ1) is 16.7. The number of hydrogen-bond acceptors (Lipinski definition) is 2. The van der Waals surface area contributed by atoms with Gasteiger partial charge in [-0.3, -0.25) is 0 Å². The zero-order valence-corrected chi connectivity index (χ0v) is 12.5. The average Bonchev–Trinajstić information content (AvgIpc) is 2.98. The highest BCUT2D eigenvalue weighted by atomic mass is 19.4. The SMILES string of the molecule is CC(C)C(=NC(=O)Nc1ccc(C(F)(F)F)cc1)c1ncc[nH]1. The number of carbonyl (C=O) groups is 1. The molecule has 1 heterocycles. The van der Waals surface area contributed by atoms with Crippen molar-refractivity contribution in [2.75, 3.05) is 5.32 Å². The molecule has 5 nitrogen and oxygen atoms in total. The molecule has 2 aromatic rings. The third kappa shape index (κ3) is 4.41. The highest BCUT2D eigenvalue weighted by Crippen LogP contribution is 2.29. The minimum atomic E-state index is -4.41. The van der Waals surface area contributed by atoms with Crippen LogP contribution in [0.25, 0.3) is 0 Å². The molecule has 2 N–H and O–H groups in total. The Kier molecular flexibility index (Phi) is 4.83. The van der Waals surface area contributed by atoms with Gasteiger partial charge in [-0.25, -0.2) is 9.78 Å². The Morgan fingerprint density at radius 2 is 1.91 bits per heavy atom. The predicted molar refractivity (Wildman–Crippen MR) is 80.4 cm³/mol. The lowest BCUT2D eigenvalue weighted by Crippen LogP contribution is -2.17. The van der Waals surface area contributed by atoms with Crippen molar-refractivity contribution in [2.24, 2.45) is 10.9 Å². The summed E-state index contributed by atoms with van der Waals surface area (Å²) in [5.74, 6) is 0.419. The van der Waals surface area contributed by atoms with Gasteiger partial charge in [0.2, 0.25) is 0 Å². The van der Waals surface area contributed by atoms with Gasteiger partial charge in [0.05, 0.1) is 11.3 Å². The van der Waals surface area contributed by atoms with E-state index in [9.17, 15) is 18.0 Å². The van der Waals surface area contributed by atoms with Crippen LogP contribution >= 0.6 is 0 Å². The maximum absolute atomic E-state index is 12.5. The van der Waals surface area contributed by atoms with E-state index >= 15 is 0 Å². The Morgan fingerprint density at radius 1 is 1.26 bits per heavy atom. The Bertz CT molecular complexity index is 689. The monoisotopic (exact) mass is 324 g/mol. The molecule has 2 amide bonds. The van der Waals surface area contributed by atoms with Crippen molar-refractivity contribution >= 4 is 17.4 Å². The number of H-pyrrole nitrogens is 1. The second-order valence-electron chi connectivity index (χ2n) is 5.09. The summed E-state index contributed by atoms with van der Waals surface area (Å²) in [6.07, 6.45) is -1.26. The van der Waals surface area contributed by atoms with Crippen LogP contribution in [0, 0.1) is 5.92 Å². The summed E-state index contributed by atoms with van der Waals surface area (Å²) in [4.78, 5) is 22.8. The van der Waals surface area contributed by atoms with E-state index < -0.39 is 17.8 Å². The molecule has 0 aliphatic carbocycles. The van der Waals surface area contributed by atoms with Crippen LogP contribution in [0.15, 0.2) is 41.7 Å². The molecule has 2 rings (SSSR count). The molecule has 0 aliphatic rings. The number of imidazole rings is 1. The lowest BCUT2D eigenvalue weighted by Gasteiger charge is -2.09. The van der Waals surface area contributed by atoms with Crippen LogP contribution in [0.3, 0.4) is 0 Å². The van der Waals surface area contributed by atoms with Gasteiger partial charge in [0.25, 0.3) is 0 Å². The summed E-state index contributed by atoms with van der Waals surface area (Å²) in [6.45, 7) is 3.71. The van der Waals surface area contributed by atoms with Crippen LogP contribution in [0.5, 0.6) is 0 Å². The third-order valence-electron chi connectivity index (χ3n) is 2.97. The molecule has 23 heavy (non-hydrogen) atoms. The molecule has 0 aliphatic heterocycles. The van der Waals surface area contributed by atoms with Crippen molar-refractivity contribution in [2.45, 2.75) is 20.0 Å². The maximum atomic E-state index is 12.5. The van der Waals surface area contributed by atoms with Crippen LogP contribution in [-0.4, -0.2) is 21.7 Å². The average molecular weight is 324 g/mol. The number of aromatic amines is 1. The van der Waals surface area contributed by atoms with Gasteiger partial charge in [0.15, 0.2) is 5.82 Å². The number of anilines is 1. The Balaban J connectivity index is 2.13. The minimum Gasteiger partial charge on any atom is -0.344 e. The Hall–Kier alpha value is -2.64. The largest absolute Gasteiger partial charge is 0.416 e. The molecule has 0 saturated carbocycles. The van der Waals surface area contributed by atoms with Crippen molar-refractivity contribution in [1.82, 2.24) is 9.97 Å². The van der Waals surface area contributed by atoms with Crippen molar-refractivity contribution in [3.05, 3.63) is 48.0 Å². The second-order valence-corrected chi connectivity index (χ2v) is 5.09. The van der Waals surface area contributed by atoms with Crippen LogP contribution in [0.1, 0.15) is 25.2 Å². The number of nitrogens with zero attached hydrogens (tertiary/aromatic N) is 2. The number of halogens is 3. The summed E-state index contributed by atoms with van der Waals surface area (Å²) in [6, 6.07) is 3.48. The number of amides is 2. The number of alkyl halides is 3. The van der Waals surface area contributed by atoms with Crippen LogP contribution < -0.4 is 5.32 Å². The number of aliphatic imine (C=N–C) groups is 1. The van der Waals surface area contributed by atoms with Crippen LogP contribution in [0.2, 0.25) is 0 Å². The molecule has 0 bridgehead atoms. The van der Waals surface area contributed by atoms with E-state index in [0.717, 1.165) is 12.1 Å². The standard InChI is InChI=1S/C15H15F3N4O/c1-9(2)12(13-19-7-8-20-13)22-14(23)21-11-5-3-10(4-6-11)15(16,17)18/h3-9H,1-2H3,(H,19,20)(H,21,23). The molecule has 0 fully saturated rings. The summed E-state index contributed by atoms with van der Waals surface area (Å²) in [7, 11) is 0. The van der Waals surface area contributed by atoms with E-state index in [1.807, 2.05) is 13.8 Å². The van der Waals surface area contributed by atoms with Crippen molar-refractivity contribution < 1.29 is 18.0 Å². The number of urea groups is 1. The van der Waals surface area contributed by atoms with Gasteiger partial charge in [-0.05, 0) is 30.2 Å². The maximum Gasteiger partial charge on any atom is 0.416 e. The van der Waals surface area contributed by atoms with E-state index in [1.165, 1.54) is 12.1 Å². The number of hydrogen-bond donors (Lipinski definition) is 2. The molecule has 0 atom stereocenters. The molecule has 0 radical (unpaired) electrons. The fourth-order valence-electron chi connectivity index (χ4n) is 1.86. The zero-order chi connectivity index (χ0) is 17.0. The second kappa shape index (κ2) is 6.64. The van der Waals surface area contributed by atoms with Gasteiger partial charge in [-0.1, -0.05) is 13.8 Å². The highest BCUT2D eigenvalue weighted by Gasteiger charge is 2.30. The fourth-order valence-corrected chi connectivity index (χ4v) is 1.86. The van der Waals surface area contributed by atoms with Crippen molar-refractivity contribution in [1.29, 1.82) is 0 Å². The minimum absolute atomic E-state index is 0.0560. The summed E-state index contributed by atoms with van der Waals surface area (Å²) >= 11 is 0. The molecule has 1 aromatic carbocycles. The first-order valence-corrected chi connectivity index (χ1v) is 6.84. The van der Waals surface area contributed by atoms with E-state index in [-0.39, 0.29) is 11.6 Å².